The normalized spacial score (nSPS) is 10.1. The van der Waals surface area contributed by atoms with Crippen LogP contribution in [-0.2, 0) is 0 Å². The fourth-order valence-electron chi connectivity index (χ4n) is 1.71. The molecular formula is C13H12N2O5. The van der Waals surface area contributed by atoms with Gasteiger partial charge in [0.15, 0.2) is 0 Å². The van der Waals surface area contributed by atoms with Crippen LogP contribution in [0.2, 0.25) is 0 Å². The van der Waals surface area contributed by atoms with E-state index in [4.69, 9.17) is 14.6 Å². The number of aromatic carboxylic acids is 1. The van der Waals surface area contributed by atoms with E-state index in [1.54, 1.807) is 18.2 Å². The Labute approximate surface area is 113 Å². The van der Waals surface area contributed by atoms with Gasteiger partial charge in [0.05, 0.1) is 19.9 Å². The van der Waals surface area contributed by atoms with Crippen LogP contribution in [0.4, 0.5) is 0 Å². The molecule has 0 fully saturated rings. The summed E-state index contributed by atoms with van der Waals surface area (Å²) in [6.07, 6.45) is 0. The largest absolute Gasteiger partial charge is 0.497 e. The van der Waals surface area contributed by atoms with Crippen LogP contribution in [0.3, 0.4) is 0 Å². The highest BCUT2D eigenvalue weighted by molar-refractivity contribution is 5.88. The number of aromatic amines is 1. The zero-order valence-corrected chi connectivity index (χ0v) is 10.8. The van der Waals surface area contributed by atoms with E-state index in [1.807, 2.05) is 0 Å². The van der Waals surface area contributed by atoms with Crippen LogP contribution in [0.25, 0.3) is 11.3 Å². The topological polar surface area (TPSA) is 102 Å². The summed E-state index contributed by atoms with van der Waals surface area (Å²) in [6, 6.07) is 6.20. The molecule has 0 bridgehead atoms. The van der Waals surface area contributed by atoms with Crippen LogP contribution in [0.15, 0.2) is 29.1 Å². The van der Waals surface area contributed by atoms with E-state index >= 15 is 0 Å². The lowest BCUT2D eigenvalue weighted by Gasteiger charge is -2.09. The zero-order chi connectivity index (χ0) is 14.7. The van der Waals surface area contributed by atoms with E-state index < -0.39 is 11.5 Å². The molecule has 1 aromatic heterocycles. The van der Waals surface area contributed by atoms with E-state index in [1.165, 1.54) is 20.3 Å². The third kappa shape index (κ3) is 2.46. The van der Waals surface area contributed by atoms with Crippen molar-refractivity contribution in [1.82, 2.24) is 10.2 Å². The van der Waals surface area contributed by atoms with E-state index in [0.29, 0.717) is 22.8 Å². The van der Waals surface area contributed by atoms with Crippen molar-refractivity contribution in [3.63, 3.8) is 0 Å². The number of aromatic nitrogens is 2. The number of hydrogen-bond acceptors (Lipinski definition) is 5. The van der Waals surface area contributed by atoms with E-state index in [0.717, 1.165) is 0 Å². The number of carboxylic acids is 1. The number of nitrogens with zero attached hydrogens (tertiary/aromatic N) is 1. The molecule has 0 spiro atoms. The van der Waals surface area contributed by atoms with Gasteiger partial charge in [0, 0.05) is 11.6 Å². The Kier molecular flexibility index (Phi) is 3.69. The van der Waals surface area contributed by atoms with Gasteiger partial charge >= 0.3 is 5.97 Å². The first-order valence-corrected chi connectivity index (χ1v) is 5.62. The minimum absolute atomic E-state index is 0.293. The van der Waals surface area contributed by atoms with Gasteiger partial charge < -0.3 is 14.6 Å². The lowest BCUT2D eigenvalue weighted by atomic mass is 10.1. The summed E-state index contributed by atoms with van der Waals surface area (Å²) >= 11 is 0. The third-order valence-corrected chi connectivity index (χ3v) is 2.72. The maximum atomic E-state index is 11.3. The molecule has 0 radical (unpaired) electrons. The molecule has 7 heteroatoms. The van der Waals surface area contributed by atoms with Gasteiger partial charge in [-0.05, 0) is 18.2 Å². The van der Waals surface area contributed by atoms with Crippen molar-refractivity contribution in [2.45, 2.75) is 0 Å². The van der Waals surface area contributed by atoms with E-state index in [-0.39, 0.29) is 5.56 Å². The number of ether oxygens (including phenoxy) is 2. The molecule has 7 nitrogen and oxygen atoms in total. The molecule has 104 valence electrons. The molecule has 0 aliphatic carbocycles. The van der Waals surface area contributed by atoms with Crippen molar-refractivity contribution < 1.29 is 19.4 Å². The molecule has 0 aliphatic heterocycles. The number of hydrogen-bond donors (Lipinski definition) is 2. The summed E-state index contributed by atoms with van der Waals surface area (Å²) in [5, 5.41) is 14.9. The van der Waals surface area contributed by atoms with Crippen LogP contribution in [0.5, 0.6) is 11.5 Å². The Morgan fingerprint density at radius 1 is 1.25 bits per heavy atom. The van der Waals surface area contributed by atoms with Gasteiger partial charge in [0.1, 0.15) is 17.1 Å². The molecule has 1 heterocycles. The highest BCUT2D eigenvalue weighted by Gasteiger charge is 2.14. The van der Waals surface area contributed by atoms with E-state index in [2.05, 4.69) is 10.2 Å². The number of rotatable bonds is 4. The van der Waals surface area contributed by atoms with Crippen molar-refractivity contribution in [1.29, 1.82) is 0 Å². The number of carbonyl (C=O) groups is 1. The number of H-pyrrole nitrogens is 1. The summed E-state index contributed by atoms with van der Waals surface area (Å²) in [5.41, 5.74) is -0.296. The molecule has 2 rings (SSSR count). The molecule has 20 heavy (non-hydrogen) atoms. The van der Waals surface area contributed by atoms with Gasteiger partial charge in [0.25, 0.3) is 5.56 Å². The quantitative estimate of drug-likeness (QED) is 0.868. The molecule has 2 aromatic rings. The van der Waals surface area contributed by atoms with Crippen molar-refractivity contribution in [3.05, 3.63) is 40.2 Å². The fourth-order valence-corrected chi connectivity index (χ4v) is 1.71. The number of benzene rings is 1. The maximum Gasteiger partial charge on any atom is 0.341 e. The smallest absolute Gasteiger partial charge is 0.341 e. The number of methoxy groups -OCH3 is 2. The minimum atomic E-state index is -1.32. The van der Waals surface area contributed by atoms with Gasteiger partial charge in [-0.3, -0.25) is 4.79 Å². The third-order valence-electron chi connectivity index (χ3n) is 2.72. The first-order chi connectivity index (χ1) is 9.56. The number of carboxylic acid groups (broad SMARTS) is 1. The summed E-state index contributed by atoms with van der Waals surface area (Å²) in [4.78, 5) is 22.3. The lowest BCUT2D eigenvalue weighted by molar-refractivity contribution is 0.0694. The Morgan fingerprint density at radius 2 is 2.00 bits per heavy atom. The molecule has 2 N–H and O–H groups in total. The van der Waals surface area contributed by atoms with Crippen molar-refractivity contribution in [3.8, 4) is 22.8 Å². The molecule has 0 saturated heterocycles. The van der Waals surface area contributed by atoms with Crippen LogP contribution >= 0.6 is 0 Å². The molecule has 1 aromatic carbocycles. The van der Waals surface area contributed by atoms with Crippen molar-refractivity contribution in [2.75, 3.05) is 14.2 Å². The summed E-state index contributed by atoms with van der Waals surface area (Å²) < 4.78 is 10.3. The molecule has 0 saturated carbocycles. The first kappa shape index (κ1) is 13.6. The average molecular weight is 276 g/mol. The lowest BCUT2D eigenvalue weighted by Crippen LogP contribution is -2.18. The molecule has 0 unspecified atom stereocenters. The second kappa shape index (κ2) is 5.43. The number of nitrogens with one attached hydrogen (secondary N) is 1. The van der Waals surface area contributed by atoms with Crippen LogP contribution < -0.4 is 15.0 Å². The van der Waals surface area contributed by atoms with Crippen LogP contribution in [0.1, 0.15) is 10.4 Å². The van der Waals surface area contributed by atoms with Gasteiger partial charge in [-0.1, -0.05) is 0 Å². The monoisotopic (exact) mass is 276 g/mol. The zero-order valence-electron chi connectivity index (χ0n) is 10.8. The first-order valence-electron chi connectivity index (χ1n) is 5.62. The predicted octanol–water partition coefficient (Wildman–Crippen LogP) is 1.15. The van der Waals surface area contributed by atoms with Gasteiger partial charge in [-0.25, -0.2) is 9.89 Å². The highest BCUT2D eigenvalue weighted by atomic mass is 16.5. The summed E-state index contributed by atoms with van der Waals surface area (Å²) in [5.74, 6) is -0.268. The molecule has 0 amide bonds. The summed E-state index contributed by atoms with van der Waals surface area (Å²) in [7, 11) is 3.00. The molecular weight excluding hydrogens is 264 g/mol. The maximum absolute atomic E-state index is 11.3. The molecule has 0 atom stereocenters. The van der Waals surface area contributed by atoms with Crippen molar-refractivity contribution in [2.24, 2.45) is 0 Å². The van der Waals surface area contributed by atoms with Gasteiger partial charge in [-0.15, -0.1) is 0 Å². The highest BCUT2D eigenvalue weighted by Crippen LogP contribution is 2.31. The Bertz CT molecular complexity index is 708. The predicted molar refractivity (Wildman–Crippen MR) is 70.4 cm³/mol. The Balaban J connectivity index is 2.59. The van der Waals surface area contributed by atoms with Crippen LogP contribution in [-0.4, -0.2) is 35.5 Å². The van der Waals surface area contributed by atoms with Crippen molar-refractivity contribution >= 4 is 5.97 Å². The minimum Gasteiger partial charge on any atom is -0.497 e. The van der Waals surface area contributed by atoms with Crippen LogP contribution in [0, 0.1) is 0 Å². The Morgan fingerprint density at radius 3 is 2.60 bits per heavy atom. The second-order valence-electron chi connectivity index (χ2n) is 3.87. The second-order valence-corrected chi connectivity index (χ2v) is 3.87. The fraction of sp³-hybridized carbons (Fsp3) is 0.154. The summed E-state index contributed by atoms with van der Waals surface area (Å²) in [6.45, 7) is 0. The molecule has 0 aliphatic rings. The van der Waals surface area contributed by atoms with Gasteiger partial charge in [-0.2, -0.15) is 5.10 Å². The average Bonchev–Trinajstić information content (AvgIpc) is 2.46. The SMILES string of the molecule is COc1ccc(-c2cc(C(=O)O)c(=O)[nH]n2)c(OC)c1. The van der Waals surface area contributed by atoms with E-state index in [9.17, 15) is 9.59 Å². The Hall–Kier alpha value is -2.83. The standard InChI is InChI=1S/C13H12N2O5/c1-19-7-3-4-8(11(5-7)20-2)10-6-9(13(17)18)12(16)15-14-10/h3-6H,1-2H3,(H,15,16)(H,17,18). The van der Waals surface area contributed by atoms with Gasteiger partial charge in [0.2, 0.25) is 0 Å².